The van der Waals surface area contributed by atoms with Gasteiger partial charge in [0.05, 0.1) is 7.11 Å². The summed E-state index contributed by atoms with van der Waals surface area (Å²) < 4.78 is 5.23. The molecular formula is C14H14ClNO. The lowest BCUT2D eigenvalue weighted by Gasteiger charge is -2.09. The quantitative estimate of drug-likeness (QED) is 0.771. The third-order valence-electron chi connectivity index (χ3n) is 2.65. The Morgan fingerprint density at radius 3 is 2.94 bits per heavy atom. The number of aromatic nitrogens is 1. The number of nitrogens with zero attached hydrogens (tertiary/aromatic N) is 1. The van der Waals surface area contributed by atoms with Gasteiger partial charge in [-0.1, -0.05) is 12.1 Å². The summed E-state index contributed by atoms with van der Waals surface area (Å²) in [6, 6.07) is 10.0. The van der Waals surface area contributed by atoms with E-state index in [-0.39, 0.29) is 0 Å². The fourth-order valence-corrected chi connectivity index (χ4v) is 2.00. The Bertz CT molecular complexity index is 499. The van der Waals surface area contributed by atoms with Crippen LogP contribution in [-0.4, -0.2) is 18.0 Å². The van der Waals surface area contributed by atoms with E-state index in [1.54, 1.807) is 13.3 Å². The van der Waals surface area contributed by atoms with Crippen LogP contribution in [0.1, 0.15) is 5.56 Å². The van der Waals surface area contributed by atoms with Crippen molar-refractivity contribution in [2.75, 3.05) is 13.0 Å². The molecule has 0 bridgehead atoms. The second-order valence-corrected chi connectivity index (χ2v) is 4.08. The summed E-state index contributed by atoms with van der Waals surface area (Å²) in [6.45, 7) is 0. The van der Waals surface area contributed by atoms with Crippen LogP contribution in [0.3, 0.4) is 0 Å². The average molecular weight is 248 g/mol. The van der Waals surface area contributed by atoms with Gasteiger partial charge >= 0.3 is 0 Å². The molecule has 0 spiro atoms. The fraction of sp³-hybridized carbons (Fsp3) is 0.214. The molecule has 0 aliphatic heterocycles. The number of halogens is 1. The summed E-state index contributed by atoms with van der Waals surface area (Å²) in [6.07, 6.45) is 4.49. The number of rotatable bonds is 4. The molecule has 2 nitrogen and oxygen atoms in total. The summed E-state index contributed by atoms with van der Waals surface area (Å²) in [5.74, 6) is 1.46. The molecule has 88 valence electrons. The number of methoxy groups -OCH3 is 1. The Kier molecular flexibility index (Phi) is 3.99. The van der Waals surface area contributed by atoms with Crippen LogP contribution < -0.4 is 4.74 Å². The number of alkyl halides is 1. The molecule has 0 unspecified atom stereocenters. The molecule has 0 N–H and O–H groups in total. The maximum Gasteiger partial charge on any atom is 0.119 e. The molecule has 0 fully saturated rings. The van der Waals surface area contributed by atoms with Gasteiger partial charge in [-0.25, -0.2) is 0 Å². The van der Waals surface area contributed by atoms with Gasteiger partial charge in [0, 0.05) is 18.3 Å². The molecule has 0 saturated heterocycles. The van der Waals surface area contributed by atoms with E-state index >= 15 is 0 Å². The van der Waals surface area contributed by atoms with Gasteiger partial charge in [-0.2, -0.15) is 0 Å². The van der Waals surface area contributed by atoms with Gasteiger partial charge in [-0.05, 0) is 41.3 Å². The summed E-state index contributed by atoms with van der Waals surface area (Å²) in [5.41, 5.74) is 3.46. The Labute approximate surface area is 106 Å². The molecule has 1 aromatic heterocycles. The Balaban J connectivity index is 2.44. The van der Waals surface area contributed by atoms with Gasteiger partial charge in [0.1, 0.15) is 5.75 Å². The SMILES string of the molecule is COc1cccc(-c2ccncc2CCCl)c1. The summed E-state index contributed by atoms with van der Waals surface area (Å²) >= 11 is 5.80. The van der Waals surface area contributed by atoms with E-state index in [4.69, 9.17) is 16.3 Å². The first-order valence-electron chi connectivity index (χ1n) is 5.48. The largest absolute Gasteiger partial charge is 0.497 e. The van der Waals surface area contributed by atoms with Gasteiger partial charge in [0.2, 0.25) is 0 Å². The minimum absolute atomic E-state index is 0.600. The molecule has 1 heterocycles. The highest BCUT2D eigenvalue weighted by atomic mass is 35.5. The predicted molar refractivity (Wildman–Crippen MR) is 70.6 cm³/mol. The summed E-state index contributed by atoms with van der Waals surface area (Å²) in [7, 11) is 1.67. The highest BCUT2D eigenvalue weighted by Gasteiger charge is 2.05. The van der Waals surface area contributed by atoms with Crippen molar-refractivity contribution in [3.8, 4) is 16.9 Å². The third-order valence-corrected chi connectivity index (χ3v) is 2.84. The van der Waals surface area contributed by atoms with Crippen molar-refractivity contribution in [3.05, 3.63) is 48.3 Å². The number of hydrogen-bond donors (Lipinski definition) is 0. The smallest absolute Gasteiger partial charge is 0.119 e. The van der Waals surface area contributed by atoms with Crippen LogP contribution >= 0.6 is 11.6 Å². The highest BCUT2D eigenvalue weighted by Crippen LogP contribution is 2.26. The van der Waals surface area contributed by atoms with E-state index in [1.165, 1.54) is 5.56 Å². The van der Waals surface area contributed by atoms with E-state index in [0.717, 1.165) is 23.3 Å². The lowest BCUT2D eigenvalue weighted by Crippen LogP contribution is -1.93. The van der Waals surface area contributed by atoms with Crippen LogP contribution in [0.15, 0.2) is 42.7 Å². The first kappa shape index (κ1) is 11.9. The molecular weight excluding hydrogens is 234 g/mol. The molecule has 0 radical (unpaired) electrons. The Morgan fingerprint density at radius 2 is 2.18 bits per heavy atom. The van der Waals surface area contributed by atoms with Crippen molar-refractivity contribution >= 4 is 11.6 Å². The first-order chi connectivity index (χ1) is 8.35. The predicted octanol–water partition coefficient (Wildman–Crippen LogP) is 3.54. The number of benzene rings is 1. The van der Waals surface area contributed by atoms with Gasteiger partial charge in [0.25, 0.3) is 0 Å². The van der Waals surface area contributed by atoms with Crippen molar-refractivity contribution in [3.63, 3.8) is 0 Å². The van der Waals surface area contributed by atoms with Crippen molar-refractivity contribution < 1.29 is 4.74 Å². The zero-order chi connectivity index (χ0) is 12.1. The molecule has 0 saturated carbocycles. The molecule has 0 atom stereocenters. The van der Waals surface area contributed by atoms with Crippen LogP contribution in [0, 0.1) is 0 Å². The van der Waals surface area contributed by atoms with Crippen LogP contribution in [0.2, 0.25) is 0 Å². The van der Waals surface area contributed by atoms with Crippen LogP contribution in [-0.2, 0) is 6.42 Å². The van der Waals surface area contributed by atoms with E-state index in [0.29, 0.717) is 5.88 Å². The molecule has 1 aromatic carbocycles. The first-order valence-corrected chi connectivity index (χ1v) is 6.02. The molecule has 0 aliphatic rings. The number of hydrogen-bond acceptors (Lipinski definition) is 2. The van der Waals surface area contributed by atoms with Crippen molar-refractivity contribution in [1.29, 1.82) is 0 Å². The monoisotopic (exact) mass is 247 g/mol. The van der Waals surface area contributed by atoms with Crippen LogP contribution in [0.5, 0.6) is 5.75 Å². The number of aryl methyl sites for hydroxylation is 1. The molecule has 2 rings (SSSR count). The molecule has 3 heteroatoms. The van der Waals surface area contributed by atoms with Crippen LogP contribution in [0.25, 0.3) is 11.1 Å². The van der Waals surface area contributed by atoms with E-state index < -0.39 is 0 Å². The molecule has 17 heavy (non-hydrogen) atoms. The molecule has 0 amide bonds. The van der Waals surface area contributed by atoms with Crippen LogP contribution in [0.4, 0.5) is 0 Å². The van der Waals surface area contributed by atoms with Gasteiger partial charge in [-0.3, -0.25) is 4.98 Å². The van der Waals surface area contributed by atoms with Crippen molar-refractivity contribution in [2.24, 2.45) is 0 Å². The number of pyridine rings is 1. The second-order valence-electron chi connectivity index (χ2n) is 3.70. The van der Waals surface area contributed by atoms with Crippen molar-refractivity contribution in [2.45, 2.75) is 6.42 Å². The normalized spacial score (nSPS) is 10.2. The zero-order valence-electron chi connectivity index (χ0n) is 9.69. The summed E-state index contributed by atoms with van der Waals surface area (Å²) in [5, 5.41) is 0. The standard InChI is InChI=1S/C14H14ClNO/c1-17-13-4-2-3-11(9-13)14-6-8-16-10-12(14)5-7-15/h2-4,6,8-10H,5,7H2,1H3. The molecule has 2 aromatic rings. The lowest BCUT2D eigenvalue weighted by atomic mass is 10.0. The fourth-order valence-electron chi connectivity index (χ4n) is 1.80. The average Bonchev–Trinajstić information content (AvgIpc) is 2.40. The van der Waals surface area contributed by atoms with Gasteiger partial charge in [-0.15, -0.1) is 11.6 Å². The third kappa shape index (κ3) is 2.77. The maximum atomic E-state index is 5.80. The number of ether oxygens (including phenoxy) is 1. The minimum Gasteiger partial charge on any atom is -0.497 e. The lowest BCUT2D eigenvalue weighted by molar-refractivity contribution is 0.415. The Hall–Kier alpha value is -1.54. The second kappa shape index (κ2) is 5.69. The maximum absolute atomic E-state index is 5.80. The van der Waals surface area contributed by atoms with Gasteiger partial charge in [0.15, 0.2) is 0 Å². The van der Waals surface area contributed by atoms with Gasteiger partial charge < -0.3 is 4.74 Å². The van der Waals surface area contributed by atoms with E-state index in [9.17, 15) is 0 Å². The van der Waals surface area contributed by atoms with Crippen molar-refractivity contribution in [1.82, 2.24) is 4.98 Å². The molecule has 0 aliphatic carbocycles. The van der Waals surface area contributed by atoms with E-state index in [1.807, 2.05) is 30.5 Å². The Morgan fingerprint density at radius 1 is 1.29 bits per heavy atom. The summed E-state index contributed by atoms with van der Waals surface area (Å²) in [4.78, 5) is 4.14. The minimum atomic E-state index is 0.600. The topological polar surface area (TPSA) is 22.1 Å². The highest BCUT2D eigenvalue weighted by molar-refractivity contribution is 6.18. The van der Waals surface area contributed by atoms with E-state index in [2.05, 4.69) is 11.1 Å². The zero-order valence-corrected chi connectivity index (χ0v) is 10.4.